The summed E-state index contributed by atoms with van der Waals surface area (Å²) in [7, 11) is 0. The Morgan fingerprint density at radius 2 is 1.95 bits per heavy atom. The fourth-order valence-corrected chi connectivity index (χ4v) is 2.16. The SMILES string of the molecule is CC(=NNC(=O)CCc1ccccc1)c1oc(C)cc1C. The largest absolute Gasteiger partial charge is 0.460 e. The minimum atomic E-state index is -0.0980. The summed E-state index contributed by atoms with van der Waals surface area (Å²) >= 11 is 0. The number of hydrogen-bond donors (Lipinski definition) is 1. The van der Waals surface area contributed by atoms with Crippen molar-refractivity contribution in [3.63, 3.8) is 0 Å². The van der Waals surface area contributed by atoms with Crippen LogP contribution in [-0.4, -0.2) is 11.6 Å². The number of carbonyl (C=O) groups is 1. The molecule has 2 aromatic rings. The fraction of sp³-hybridized carbons (Fsp3) is 0.294. The molecule has 1 aromatic carbocycles. The predicted octanol–water partition coefficient (Wildman–Crippen LogP) is 3.37. The molecule has 110 valence electrons. The third-order valence-corrected chi connectivity index (χ3v) is 3.20. The van der Waals surface area contributed by atoms with Crippen molar-refractivity contribution >= 4 is 11.6 Å². The van der Waals surface area contributed by atoms with E-state index in [1.807, 2.05) is 57.2 Å². The average molecular weight is 284 g/mol. The van der Waals surface area contributed by atoms with Gasteiger partial charge in [-0.25, -0.2) is 5.43 Å². The monoisotopic (exact) mass is 284 g/mol. The van der Waals surface area contributed by atoms with Gasteiger partial charge in [0, 0.05) is 6.42 Å². The molecule has 1 amide bonds. The van der Waals surface area contributed by atoms with Crippen molar-refractivity contribution in [1.82, 2.24) is 5.43 Å². The molecular formula is C17H20N2O2. The Morgan fingerprint density at radius 1 is 1.24 bits per heavy atom. The first-order valence-corrected chi connectivity index (χ1v) is 7.00. The molecule has 0 spiro atoms. The van der Waals surface area contributed by atoms with Crippen LogP contribution in [0.25, 0.3) is 0 Å². The Kier molecular flexibility index (Phi) is 4.93. The number of nitrogens with one attached hydrogen (secondary N) is 1. The van der Waals surface area contributed by atoms with E-state index in [9.17, 15) is 4.79 Å². The summed E-state index contributed by atoms with van der Waals surface area (Å²) in [5.74, 6) is 1.46. The smallest absolute Gasteiger partial charge is 0.240 e. The van der Waals surface area contributed by atoms with Crippen molar-refractivity contribution in [3.05, 3.63) is 59.0 Å². The van der Waals surface area contributed by atoms with Crippen molar-refractivity contribution in [3.8, 4) is 0 Å². The zero-order chi connectivity index (χ0) is 15.2. The summed E-state index contributed by atoms with van der Waals surface area (Å²) in [5, 5.41) is 4.10. The highest BCUT2D eigenvalue weighted by atomic mass is 16.3. The lowest BCUT2D eigenvalue weighted by molar-refractivity contribution is -0.121. The number of benzene rings is 1. The molecular weight excluding hydrogens is 264 g/mol. The highest BCUT2D eigenvalue weighted by Gasteiger charge is 2.09. The van der Waals surface area contributed by atoms with Crippen molar-refractivity contribution in [2.45, 2.75) is 33.6 Å². The van der Waals surface area contributed by atoms with Gasteiger partial charge < -0.3 is 4.42 Å². The molecule has 0 unspecified atom stereocenters. The quantitative estimate of drug-likeness (QED) is 0.676. The van der Waals surface area contributed by atoms with Gasteiger partial charge >= 0.3 is 0 Å². The van der Waals surface area contributed by atoms with Crippen LogP contribution in [-0.2, 0) is 11.2 Å². The fourth-order valence-electron chi connectivity index (χ4n) is 2.16. The molecule has 0 atom stereocenters. The van der Waals surface area contributed by atoms with Crippen LogP contribution in [0.1, 0.15) is 36.0 Å². The summed E-state index contributed by atoms with van der Waals surface area (Å²) in [6.45, 7) is 5.67. The zero-order valence-corrected chi connectivity index (χ0v) is 12.6. The summed E-state index contributed by atoms with van der Waals surface area (Å²) in [5.41, 5.74) is 5.42. The second-order valence-electron chi connectivity index (χ2n) is 5.09. The van der Waals surface area contributed by atoms with Gasteiger partial charge in [0.05, 0.1) is 0 Å². The van der Waals surface area contributed by atoms with Crippen LogP contribution in [0.3, 0.4) is 0 Å². The Morgan fingerprint density at radius 3 is 2.57 bits per heavy atom. The van der Waals surface area contributed by atoms with Crippen LogP contribution in [0, 0.1) is 13.8 Å². The minimum Gasteiger partial charge on any atom is -0.460 e. The van der Waals surface area contributed by atoms with Gasteiger partial charge in [-0.1, -0.05) is 30.3 Å². The second kappa shape index (κ2) is 6.88. The Hall–Kier alpha value is -2.36. The number of hydrazone groups is 1. The molecule has 4 nitrogen and oxygen atoms in total. The molecule has 0 aliphatic rings. The van der Waals surface area contributed by atoms with Gasteiger partial charge in [-0.2, -0.15) is 5.10 Å². The number of amides is 1. The highest BCUT2D eigenvalue weighted by Crippen LogP contribution is 2.14. The Balaban J connectivity index is 1.88. The minimum absolute atomic E-state index is 0.0980. The van der Waals surface area contributed by atoms with E-state index in [1.54, 1.807) is 0 Å². The number of hydrogen-bond acceptors (Lipinski definition) is 3. The molecule has 0 saturated carbocycles. The summed E-state index contributed by atoms with van der Waals surface area (Å²) < 4.78 is 5.56. The molecule has 1 aromatic heterocycles. The number of rotatable bonds is 5. The first kappa shape index (κ1) is 15.0. The molecule has 4 heteroatoms. The van der Waals surface area contributed by atoms with E-state index in [4.69, 9.17) is 4.42 Å². The standard InChI is InChI=1S/C17H20N2O2/c1-12-11-13(2)21-17(12)14(3)18-19-16(20)10-9-15-7-5-4-6-8-15/h4-8,11H,9-10H2,1-3H3,(H,19,20). The van der Waals surface area contributed by atoms with Crippen LogP contribution in [0.2, 0.25) is 0 Å². The maximum Gasteiger partial charge on any atom is 0.240 e. The molecule has 1 heterocycles. The number of carbonyl (C=O) groups excluding carboxylic acids is 1. The molecule has 1 N–H and O–H groups in total. The van der Waals surface area contributed by atoms with Gasteiger partial charge in [0.15, 0.2) is 5.76 Å². The third-order valence-electron chi connectivity index (χ3n) is 3.20. The van der Waals surface area contributed by atoms with E-state index < -0.39 is 0 Å². The third kappa shape index (κ3) is 4.31. The van der Waals surface area contributed by atoms with E-state index in [2.05, 4.69) is 10.5 Å². The summed E-state index contributed by atoms with van der Waals surface area (Å²) in [6.07, 6.45) is 1.12. The average Bonchev–Trinajstić information content (AvgIpc) is 2.82. The molecule has 0 radical (unpaired) electrons. The lowest BCUT2D eigenvalue weighted by Crippen LogP contribution is -2.19. The van der Waals surface area contributed by atoms with Gasteiger partial charge in [0.25, 0.3) is 0 Å². The van der Waals surface area contributed by atoms with Crippen molar-refractivity contribution < 1.29 is 9.21 Å². The molecule has 0 aliphatic heterocycles. The zero-order valence-electron chi connectivity index (χ0n) is 12.6. The van der Waals surface area contributed by atoms with E-state index in [0.717, 1.165) is 22.6 Å². The summed E-state index contributed by atoms with van der Waals surface area (Å²) in [4.78, 5) is 11.8. The molecule has 21 heavy (non-hydrogen) atoms. The first-order valence-electron chi connectivity index (χ1n) is 7.00. The molecule has 2 rings (SSSR count). The van der Waals surface area contributed by atoms with Crippen LogP contribution < -0.4 is 5.43 Å². The van der Waals surface area contributed by atoms with Gasteiger partial charge in [-0.05, 0) is 44.4 Å². The molecule has 0 fully saturated rings. The number of nitrogens with zero attached hydrogens (tertiary/aromatic N) is 1. The topological polar surface area (TPSA) is 54.6 Å². The maximum atomic E-state index is 11.8. The lowest BCUT2D eigenvalue weighted by atomic mass is 10.1. The highest BCUT2D eigenvalue weighted by molar-refractivity contribution is 5.98. The second-order valence-corrected chi connectivity index (χ2v) is 5.09. The maximum absolute atomic E-state index is 11.8. The first-order chi connectivity index (χ1) is 10.1. The van der Waals surface area contributed by atoms with Crippen LogP contribution >= 0.6 is 0 Å². The van der Waals surface area contributed by atoms with Gasteiger partial charge in [-0.3, -0.25) is 4.79 Å². The van der Waals surface area contributed by atoms with Gasteiger partial charge in [0.1, 0.15) is 11.5 Å². The van der Waals surface area contributed by atoms with E-state index >= 15 is 0 Å². The molecule has 0 aliphatic carbocycles. The van der Waals surface area contributed by atoms with Gasteiger partial charge in [-0.15, -0.1) is 0 Å². The van der Waals surface area contributed by atoms with Crippen molar-refractivity contribution in [1.29, 1.82) is 0 Å². The lowest BCUT2D eigenvalue weighted by Gasteiger charge is -2.02. The molecule has 0 bridgehead atoms. The predicted molar refractivity (Wildman–Crippen MR) is 83.3 cm³/mol. The Labute approximate surface area is 124 Å². The van der Waals surface area contributed by atoms with E-state index in [1.165, 1.54) is 0 Å². The molecule has 0 saturated heterocycles. The number of aryl methyl sites for hydroxylation is 3. The van der Waals surface area contributed by atoms with Crippen molar-refractivity contribution in [2.24, 2.45) is 5.10 Å². The number of furan rings is 1. The van der Waals surface area contributed by atoms with Crippen LogP contribution in [0.15, 0.2) is 45.9 Å². The van der Waals surface area contributed by atoms with Crippen LogP contribution in [0.4, 0.5) is 0 Å². The van der Waals surface area contributed by atoms with E-state index in [0.29, 0.717) is 18.6 Å². The normalized spacial score (nSPS) is 11.5. The van der Waals surface area contributed by atoms with Crippen LogP contribution in [0.5, 0.6) is 0 Å². The Bertz CT molecular complexity index is 642. The summed E-state index contributed by atoms with van der Waals surface area (Å²) in [6, 6.07) is 11.9. The van der Waals surface area contributed by atoms with Gasteiger partial charge in [0.2, 0.25) is 5.91 Å². The van der Waals surface area contributed by atoms with Crippen molar-refractivity contribution in [2.75, 3.05) is 0 Å². The van der Waals surface area contributed by atoms with E-state index in [-0.39, 0.29) is 5.91 Å².